The molecular formula is C5H4Cl2O. The van der Waals surface area contributed by atoms with Gasteiger partial charge in [-0.2, -0.15) is 0 Å². The van der Waals surface area contributed by atoms with Gasteiger partial charge in [0.15, 0.2) is 0 Å². The Kier molecular flexibility index (Phi) is 4.71. The molecule has 44 valence electrons. The Labute approximate surface area is 57.6 Å². The molecule has 0 aliphatic heterocycles. The molecule has 0 saturated heterocycles. The zero-order chi connectivity index (χ0) is 6.41. The number of allylic oxidation sites excluding steroid dienone is 3. The van der Waals surface area contributed by atoms with Gasteiger partial charge in [0.05, 0.1) is 0 Å². The monoisotopic (exact) mass is 150 g/mol. The van der Waals surface area contributed by atoms with Gasteiger partial charge in [-0.25, -0.2) is 0 Å². The van der Waals surface area contributed by atoms with Gasteiger partial charge >= 0.3 is 0 Å². The topological polar surface area (TPSA) is 17.1 Å². The second kappa shape index (κ2) is 4.88. The van der Waals surface area contributed by atoms with E-state index in [0.29, 0.717) is 6.29 Å². The van der Waals surface area contributed by atoms with Gasteiger partial charge in [0.1, 0.15) is 10.8 Å². The molecule has 0 spiro atoms. The fourth-order valence-corrected chi connectivity index (χ4v) is 0.319. The van der Waals surface area contributed by atoms with Crippen LogP contribution in [0, 0.1) is 0 Å². The third-order valence-electron chi connectivity index (χ3n) is 0.412. The molecule has 0 amide bonds. The maximum absolute atomic E-state index is 9.58. The highest BCUT2D eigenvalue weighted by Crippen LogP contribution is 2.04. The summed E-state index contributed by atoms with van der Waals surface area (Å²) in [6.45, 7) is 0. The van der Waals surface area contributed by atoms with E-state index in [-0.39, 0.29) is 4.49 Å². The van der Waals surface area contributed by atoms with Crippen LogP contribution in [0.1, 0.15) is 0 Å². The number of carbonyl (C=O) groups is 1. The molecule has 0 aliphatic rings. The average Bonchev–Trinajstić information content (AvgIpc) is 1.66. The average molecular weight is 151 g/mol. The molecule has 1 nitrogen and oxygen atoms in total. The first-order chi connectivity index (χ1) is 3.77. The van der Waals surface area contributed by atoms with Gasteiger partial charge in [0.2, 0.25) is 0 Å². The fourth-order valence-electron chi connectivity index (χ4n) is 0.174. The zero-order valence-corrected chi connectivity index (χ0v) is 5.49. The van der Waals surface area contributed by atoms with Gasteiger partial charge < -0.3 is 0 Å². The van der Waals surface area contributed by atoms with Crippen molar-refractivity contribution in [2.24, 2.45) is 0 Å². The summed E-state index contributed by atoms with van der Waals surface area (Å²) in [6, 6.07) is 0. The quantitative estimate of drug-likeness (QED) is 0.335. The second-order valence-corrected chi connectivity index (χ2v) is 1.99. The van der Waals surface area contributed by atoms with Crippen LogP contribution < -0.4 is 0 Å². The molecule has 0 fully saturated rings. The molecular weight excluding hydrogens is 147 g/mol. The van der Waals surface area contributed by atoms with Crippen LogP contribution in [0.2, 0.25) is 0 Å². The normalized spacial score (nSPS) is 9.25. The van der Waals surface area contributed by atoms with Crippen LogP contribution in [0.4, 0.5) is 0 Å². The molecule has 0 aliphatic carbocycles. The molecule has 0 heterocycles. The van der Waals surface area contributed by atoms with E-state index in [2.05, 4.69) is 0 Å². The number of hydrogen-bond donors (Lipinski definition) is 0. The van der Waals surface area contributed by atoms with E-state index in [9.17, 15) is 4.79 Å². The van der Waals surface area contributed by atoms with E-state index in [1.165, 1.54) is 18.2 Å². The minimum atomic E-state index is 0.142. The van der Waals surface area contributed by atoms with Crippen LogP contribution in [0.15, 0.2) is 22.7 Å². The van der Waals surface area contributed by atoms with E-state index in [0.717, 1.165) is 0 Å². The van der Waals surface area contributed by atoms with Crippen molar-refractivity contribution in [3.63, 3.8) is 0 Å². The first-order valence-electron chi connectivity index (χ1n) is 1.90. The Morgan fingerprint density at radius 3 is 2.25 bits per heavy atom. The highest BCUT2D eigenvalue weighted by atomic mass is 35.5. The number of rotatable bonds is 2. The second-order valence-electron chi connectivity index (χ2n) is 0.977. The Balaban J connectivity index is 3.57. The van der Waals surface area contributed by atoms with Gasteiger partial charge in [0, 0.05) is 0 Å². The smallest absolute Gasteiger partial charge is 0.142 e. The predicted octanol–water partition coefficient (Wildman–Crippen LogP) is 2.06. The largest absolute Gasteiger partial charge is 0.299 e. The Morgan fingerprint density at radius 1 is 1.25 bits per heavy atom. The molecule has 0 aromatic heterocycles. The summed E-state index contributed by atoms with van der Waals surface area (Å²) in [5.41, 5.74) is 0. The van der Waals surface area contributed by atoms with Crippen LogP contribution >= 0.6 is 23.2 Å². The summed E-state index contributed by atoms with van der Waals surface area (Å²) in [6.07, 6.45) is 4.82. The van der Waals surface area contributed by atoms with Crippen molar-refractivity contribution in [3.8, 4) is 0 Å². The van der Waals surface area contributed by atoms with Crippen molar-refractivity contribution in [2.75, 3.05) is 0 Å². The lowest BCUT2D eigenvalue weighted by molar-refractivity contribution is -0.104. The molecule has 8 heavy (non-hydrogen) atoms. The highest BCUT2D eigenvalue weighted by molar-refractivity contribution is 6.55. The van der Waals surface area contributed by atoms with Crippen LogP contribution in [0.3, 0.4) is 0 Å². The lowest BCUT2D eigenvalue weighted by Crippen LogP contribution is -1.55. The van der Waals surface area contributed by atoms with E-state index in [1.807, 2.05) is 0 Å². The van der Waals surface area contributed by atoms with Crippen LogP contribution in [0.25, 0.3) is 0 Å². The van der Waals surface area contributed by atoms with Gasteiger partial charge in [-0.15, -0.1) is 0 Å². The lowest BCUT2D eigenvalue weighted by atomic mass is 10.5. The van der Waals surface area contributed by atoms with Crippen LogP contribution in [0.5, 0.6) is 0 Å². The Hall–Kier alpha value is -0.270. The third-order valence-corrected chi connectivity index (χ3v) is 0.664. The molecule has 0 unspecified atom stereocenters. The zero-order valence-electron chi connectivity index (χ0n) is 3.97. The van der Waals surface area contributed by atoms with Crippen molar-refractivity contribution in [1.29, 1.82) is 0 Å². The van der Waals surface area contributed by atoms with Gasteiger partial charge in [-0.05, 0) is 12.2 Å². The maximum Gasteiger partial charge on any atom is 0.142 e. The summed E-state index contributed by atoms with van der Waals surface area (Å²) >= 11 is 10.3. The number of hydrogen-bond acceptors (Lipinski definition) is 1. The summed E-state index contributed by atoms with van der Waals surface area (Å²) in [5.74, 6) is 0. The van der Waals surface area contributed by atoms with Gasteiger partial charge in [0.25, 0.3) is 0 Å². The predicted molar refractivity (Wildman–Crippen MR) is 35.0 cm³/mol. The SMILES string of the molecule is O=C/C=C/C=C(Cl)Cl. The van der Waals surface area contributed by atoms with E-state index in [4.69, 9.17) is 23.2 Å². The summed E-state index contributed by atoms with van der Waals surface area (Å²) in [5, 5.41) is 0. The number of aldehydes is 1. The Morgan fingerprint density at radius 2 is 1.88 bits per heavy atom. The standard InChI is InChI=1S/C5H4Cl2O/c6-5(7)3-1-2-4-8/h1-4H/b2-1+. The minimum Gasteiger partial charge on any atom is -0.299 e. The van der Waals surface area contributed by atoms with Crippen molar-refractivity contribution < 1.29 is 4.79 Å². The molecule has 0 aromatic rings. The first-order valence-corrected chi connectivity index (χ1v) is 2.66. The lowest BCUT2D eigenvalue weighted by Gasteiger charge is -1.71. The summed E-state index contributed by atoms with van der Waals surface area (Å²) < 4.78 is 0.142. The van der Waals surface area contributed by atoms with Crippen LogP contribution in [-0.4, -0.2) is 6.29 Å². The molecule has 0 bridgehead atoms. The fraction of sp³-hybridized carbons (Fsp3) is 0. The van der Waals surface area contributed by atoms with E-state index < -0.39 is 0 Å². The molecule has 0 N–H and O–H groups in total. The van der Waals surface area contributed by atoms with Crippen molar-refractivity contribution in [1.82, 2.24) is 0 Å². The molecule has 0 radical (unpaired) electrons. The molecule has 0 saturated carbocycles. The van der Waals surface area contributed by atoms with Crippen molar-refractivity contribution in [3.05, 3.63) is 22.7 Å². The number of halogens is 2. The number of carbonyl (C=O) groups excluding carboxylic acids is 1. The molecule has 0 aromatic carbocycles. The summed E-state index contributed by atoms with van der Waals surface area (Å²) in [7, 11) is 0. The van der Waals surface area contributed by atoms with E-state index in [1.54, 1.807) is 0 Å². The third kappa shape index (κ3) is 5.73. The van der Waals surface area contributed by atoms with Gasteiger partial charge in [-0.1, -0.05) is 29.3 Å². The van der Waals surface area contributed by atoms with Crippen molar-refractivity contribution >= 4 is 29.5 Å². The molecule has 0 atom stereocenters. The van der Waals surface area contributed by atoms with E-state index >= 15 is 0 Å². The minimum absolute atomic E-state index is 0.142. The Bertz CT molecular complexity index is 122. The maximum atomic E-state index is 9.58. The summed E-state index contributed by atoms with van der Waals surface area (Å²) in [4.78, 5) is 9.58. The molecule has 3 heteroatoms. The van der Waals surface area contributed by atoms with Crippen LogP contribution in [-0.2, 0) is 4.79 Å². The first kappa shape index (κ1) is 7.73. The molecule has 0 rings (SSSR count). The van der Waals surface area contributed by atoms with Crippen molar-refractivity contribution in [2.45, 2.75) is 0 Å². The van der Waals surface area contributed by atoms with Gasteiger partial charge in [-0.3, -0.25) is 4.79 Å². The highest BCUT2D eigenvalue weighted by Gasteiger charge is 1.73.